The highest BCUT2D eigenvalue weighted by molar-refractivity contribution is 6.00. The van der Waals surface area contributed by atoms with Gasteiger partial charge in [-0.1, -0.05) is 116 Å². The molecule has 0 saturated carbocycles. The van der Waals surface area contributed by atoms with Crippen LogP contribution in [-0.4, -0.2) is 247 Å². The van der Waals surface area contributed by atoms with Gasteiger partial charge in [-0.3, -0.25) is 52.7 Å². The van der Waals surface area contributed by atoms with E-state index < -0.39 is 149 Å². The van der Waals surface area contributed by atoms with Gasteiger partial charge in [0.25, 0.3) is 0 Å². The molecule has 1 heterocycles. The first kappa shape index (κ1) is 84.4. The van der Waals surface area contributed by atoms with E-state index in [1.54, 1.807) is 68.4 Å². The molecule has 0 aromatic rings. The van der Waals surface area contributed by atoms with Crippen LogP contribution >= 0.6 is 0 Å². The smallest absolute Gasteiger partial charge is 0.246 e. The van der Waals surface area contributed by atoms with Crippen molar-refractivity contribution in [1.82, 2.24) is 44.5 Å². The van der Waals surface area contributed by atoms with Crippen LogP contribution < -0.4 is 5.32 Å². The molecule has 0 aromatic carbocycles. The fraction of sp³-hybridized carbons (Fsp3) is 0.814. The molecule has 1 aliphatic rings. The molecule has 1 aliphatic heterocycles. The van der Waals surface area contributed by atoms with Gasteiger partial charge in [-0.25, -0.2) is 0 Å². The number of ether oxygens (including phenoxy) is 1. The van der Waals surface area contributed by atoms with E-state index in [9.17, 15) is 24.3 Å². The fourth-order valence-corrected chi connectivity index (χ4v) is 12.8. The molecular weight excluding hydrogens is 1170 g/mol. The van der Waals surface area contributed by atoms with Gasteiger partial charge in [0, 0.05) is 99.4 Å². The maximum absolute atomic E-state index is 15.3. The molecule has 1 unspecified atom stereocenters. The number of methoxy groups -OCH3 is 1. The van der Waals surface area contributed by atoms with Crippen molar-refractivity contribution in [3.63, 3.8) is 0 Å². The van der Waals surface area contributed by atoms with Crippen LogP contribution in [-0.2, 0) is 57.5 Å². The lowest BCUT2D eigenvalue weighted by Crippen LogP contribution is -2.64. The topological polar surface area (TPSA) is 255 Å². The Morgan fingerprint density at radius 2 is 0.978 bits per heavy atom. The van der Waals surface area contributed by atoms with E-state index in [0.29, 0.717) is 19.4 Å². The van der Waals surface area contributed by atoms with Crippen molar-refractivity contribution in [1.29, 1.82) is 0 Å². The number of rotatable bonds is 20. The third-order valence-corrected chi connectivity index (χ3v) is 18.6. The maximum Gasteiger partial charge on any atom is 0.246 e. The molecule has 1 rings (SSSR count). The third-order valence-electron chi connectivity index (χ3n) is 18.6. The Balaban J connectivity index is 4.56. The van der Waals surface area contributed by atoms with Crippen LogP contribution in [0.25, 0.3) is 0 Å². The molecule has 22 nitrogen and oxygen atoms in total. The van der Waals surface area contributed by atoms with Crippen LogP contribution in [0.5, 0.6) is 0 Å². The van der Waals surface area contributed by atoms with Gasteiger partial charge in [-0.2, -0.15) is 0 Å². The van der Waals surface area contributed by atoms with Crippen LogP contribution in [0.3, 0.4) is 0 Å². The van der Waals surface area contributed by atoms with Crippen molar-refractivity contribution in [3.05, 3.63) is 12.2 Å². The SMILES string of the molecule is C/C=C/C[C@@H](C)[C@@H](O)[C@H]1C(=O)N[C@@H](CC)C(=O)N(C)[C@H](CCCN(C)C)C(=O)N(C)C([C@H](C)COC)C(=O)C[C@@H](C(C)C)C(=O)N(C)[C@@H](CC(C)C)C(=O)C[C@@H](C)C(=O)C[C@H](C)C(=O)N(C)[C@@H](CC(C)C)C(=O)N(C)[C@@H](CC(C)C)C(=O)N(C)[C@@H](C(C)C)C(=O)N1C. The van der Waals surface area contributed by atoms with Crippen molar-refractivity contribution in [2.75, 3.05) is 83.7 Å². The summed E-state index contributed by atoms with van der Waals surface area (Å²) in [4.78, 5) is 176. The van der Waals surface area contributed by atoms with E-state index in [1.165, 1.54) is 85.8 Å². The Kier molecular flexibility index (Phi) is 36.1. The molecule has 0 bridgehead atoms. The van der Waals surface area contributed by atoms with E-state index >= 15 is 33.6 Å². The summed E-state index contributed by atoms with van der Waals surface area (Å²) in [6.45, 7) is 29.3. The van der Waals surface area contributed by atoms with Gasteiger partial charge in [-0.05, 0) is 108 Å². The minimum absolute atomic E-state index is 0.0140. The highest BCUT2D eigenvalue weighted by atomic mass is 16.5. The van der Waals surface area contributed by atoms with E-state index in [2.05, 4.69) is 5.32 Å². The number of nitrogens with zero attached hydrogens (tertiary/aromatic N) is 8. The highest BCUT2D eigenvalue weighted by Gasteiger charge is 2.47. The first-order chi connectivity index (χ1) is 42.6. The lowest BCUT2D eigenvalue weighted by atomic mass is 9.83. The van der Waals surface area contributed by atoms with Crippen LogP contribution in [0.15, 0.2) is 12.2 Å². The van der Waals surface area contributed by atoms with Gasteiger partial charge < -0.3 is 54.4 Å². The second kappa shape index (κ2) is 39.3. The summed E-state index contributed by atoms with van der Waals surface area (Å²) >= 11 is 0. The number of allylic oxidation sites excluding steroid dienone is 2. The zero-order chi connectivity index (χ0) is 71.3. The lowest BCUT2D eigenvalue weighted by molar-refractivity contribution is -0.157. The summed E-state index contributed by atoms with van der Waals surface area (Å²) in [6.07, 6.45) is 2.78. The normalized spacial score (nSPS) is 27.2. The summed E-state index contributed by atoms with van der Waals surface area (Å²) in [5.74, 6) is -11.5. The number of likely N-dealkylation sites (N-methyl/N-ethyl adjacent to an activating group) is 7. The largest absolute Gasteiger partial charge is 0.390 e. The first-order valence-electron chi connectivity index (χ1n) is 33.8. The second-order valence-corrected chi connectivity index (χ2v) is 29.0. The zero-order valence-corrected chi connectivity index (χ0v) is 61.5. The average Bonchev–Trinajstić information content (AvgIpc) is 0.821. The Morgan fingerprint density at radius 3 is 1.45 bits per heavy atom. The van der Waals surface area contributed by atoms with Gasteiger partial charge >= 0.3 is 0 Å². The van der Waals surface area contributed by atoms with E-state index in [1.807, 2.05) is 73.5 Å². The van der Waals surface area contributed by atoms with Crippen LogP contribution in [0, 0.1) is 59.2 Å². The summed E-state index contributed by atoms with van der Waals surface area (Å²) in [5.41, 5.74) is 0. The van der Waals surface area contributed by atoms with Crippen LogP contribution in [0.1, 0.15) is 175 Å². The van der Waals surface area contributed by atoms with Gasteiger partial charge in [0.2, 0.25) is 47.3 Å². The van der Waals surface area contributed by atoms with Crippen LogP contribution in [0.2, 0.25) is 0 Å². The van der Waals surface area contributed by atoms with Crippen molar-refractivity contribution < 1.29 is 62.6 Å². The molecule has 22 heteroatoms. The standard InChI is InChI=1S/C70H125N9O13/c1-27-29-31-46(13)62(83)61-63(84)71-51(28-2)66(87)73(19)52(32-30-33-72(17)18)67(88)78(24)60(49(16)40-92-26)58(82)39-50(44(9)10)65(86)74(20)53(34-41(3)4)57(81)37-47(14)56(80)38-48(15)64(85)75(21)54(35-42(5)6)68(89)76(22)55(36-43(7)8)69(90)77(23)59(45(11)12)70(91)79(61)25/h27,29,41-55,59-62,83H,28,30-40H2,1-26H3,(H,71,84)/b29-27+/t46-,47-,48+,49-,50+,51+,52-,53+,54+,55+,59+,60?,61+,62-/m1/s1. The number of nitrogens with one attached hydrogen (secondary N) is 1. The Hall–Kier alpha value is -5.61. The number of Topliss-reactive ketones (excluding diaryl/α,β-unsaturated/α-hetero) is 3. The minimum atomic E-state index is -1.62. The zero-order valence-electron chi connectivity index (χ0n) is 61.5. The molecule has 8 amide bonds. The van der Waals surface area contributed by atoms with E-state index in [4.69, 9.17) is 4.74 Å². The highest BCUT2D eigenvalue weighted by Crippen LogP contribution is 2.30. The van der Waals surface area contributed by atoms with E-state index in [0.717, 1.165) is 4.90 Å². The second-order valence-electron chi connectivity index (χ2n) is 29.0. The summed E-state index contributed by atoms with van der Waals surface area (Å²) in [7, 11) is 15.5. The molecule has 528 valence electrons. The predicted molar refractivity (Wildman–Crippen MR) is 360 cm³/mol. The molecule has 14 atom stereocenters. The molecule has 2 N–H and O–H groups in total. The van der Waals surface area contributed by atoms with Gasteiger partial charge in [-0.15, -0.1) is 0 Å². The molecule has 0 spiro atoms. The van der Waals surface area contributed by atoms with Gasteiger partial charge in [0.15, 0.2) is 11.6 Å². The summed E-state index contributed by atoms with van der Waals surface area (Å²) in [6, 6.07) is -9.75. The number of amides is 8. The number of ketones is 3. The number of carbonyl (C=O) groups excluding carboxylic acids is 11. The van der Waals surface area contributed by atoms with Crippen molar-refractivity contribution in [3.8, 4) is 0 Å². The quantitative estimate of drug-likeness (QED) is 0.124. The number of aliphatic hydroxyl groups is 1. The van der Waals surface area contributed by atoms with Crippen molar-refractivity contribution in [2.45, 2.75) is 229 Å². The van der Waals surface area contributed by atoms with Crippen molar-refractivity contribution in [2.24, 2.45) is 59.2 Å². The fourth-order valence-electron chi connectivity index (χ4n) is 12.8. The number of carbonyl (C=O) groups is 11. The first-order valence-corrected chi connectivity index (χ1v) is 33.8. The van der Waals surface area contributed by atoms with Gasteiger partial charge in [0.05, 0.1) is 24.8 Å². The summed E-state index contributed by atoms with van der Waals surface area (Å²) in [5, 5.41) is 15.1. The predicted octanol–water partition coefficient (Wildman–Crippen LogP) is 6.49. The van der Waals surface area contributed by atoms with E-state index in [-0.39, 0.29) is 87.3 Å². The third kappa shape index (κ3) is 23.7. The number of hydrogen-bond donors (Lipinski definition) is 2. The lowest BCUT2D eigenvalue weighted by Gasteiger charge is -2.41. The molecule has 0 aromatic heterocycles. The molecule has 1 saturated heterocycles. The van der Waals surface area contributed by atoms with Crippen LogP contribution in [0.4, 0.5) is 0 Å². The van der Waals surface area contributed by atoms with Crippen molar-refractivity contribution >= 4 is 64.6 Å². The Bertz CT molecular complexity index is 2480. The molecule has 92 heavy (non-hydrogen) atoms. The Labute approximate surface area is 554 Å². The Morgan fingerprint density at radius 1 is 0.533 bits per heavy atom. The monoisotopic (exact) mass is 1300 g/mol. The molecule has 1 fully saturated rings. The minimum Gasteiger partial charge on any atom is -0.390 e. The van der Waals surface area contributed by atoms with Gasteiger partial charge in [0.1, 0.15) is 42.0 Å². The average molecular weight is 1300 g/mol. The molecular formula is C70H125N9O13. The number of aliphatic hydroxyl groups excluding tert-OH is 1. The molecule has 0 aliphatic carbocycles. The molecule has 0 radical (unpaired) electrons. The maximum atomic E-state index is 15.3. The summed E-state index contributed by atoms with van der Waals surface area (Å²) < 4.78 is 5.58. The number of hydrogen-bond acceptors (Lipinski definition) is 14.